The summed E-state index contributed by atoms with van der Waals surface area (Å²) in [5.74, 6) is -0.706. The number of carbonyl (C=O) groups is 2. The zero-order valence-corrected chi connectivity index (χ0v) is 24.3. The second kappa shape index (κ2) is 9.92. The van der Waals surface area contributed by atoms with E-state index in [1.165, 1.54) is 40.5 Å². The highest BCUT2D eigenvalue weighted by atomic mass is 32.2. The van der Waals surface area contributed by atoms with Crippen LogP contribution in [-0.2, 0) is 16.2 Å². The maximum absolute atomic E-state index is 13.9. The number of benzene rings is 3. The van der Waals surface area contributed by atoms with E-state index in [-0.39, 0.29) is 51.3 Å². The lowest BCUT2D eigenvalue weighted by molar-refractivity contribution is -0.384. The fourth-order valence-corrected chi connectivity index (χ4v) is 10.8. The number of aromatic nitrogens is 1. The van der Waals surface area contributed by atoms with Gasteiger partial charge < -0.3 is 9.72 Å². The molecule has 11 heteroatoms. The number of imide groups is 1. The number of nitrogens with zero attached hydrogens (tertiary/aromatic N) is 2. The van der Waals surface area contributed by atoms with Crippen molar-refractivity contribution in [3.8, 4) is 5.75 Å². The van der Waals surface area contributed by atoms with Crippen molar-refractivity contribution in [2.24, 2.45) is 29.6 Å². The van der Waals surface area contributed by atoms with E-state index in [4.69, 9.17) is 4.74 Å². The molecule has 2 amide bonds. The van der Waals surface area contributed by atoms with Crippen LogP contribution in [0.5, 0.6) is 5.75 Å². The number of thioether (sulfide) groups is 1. The van der Waals surface area contributed by atoms with Gasteiger partial charge >= 0.3 is 4.87 Å². The Labute approximate surface area is 254 Å². The minimum atomic E-state index is -0.501. The standard InChI is InChI=1S/C32H25N3O6S2/c36-30-25-21-14-22(26(25)31(37)34(30)18-9-11-19(12-10-18)35(39)40)27-24(21)23(28-29(42-27)33-32(38)43-28)17-7-4-8-20(13-17)41-15-16-5-2-1-3-6-16/h1-13,21-27H,14-15H2,(H,33,38)/t21-,22-,23+,24+,25+,26+,27-/m1/s1. The molecular formula is C32H25N3O6S2. The molecule has 1 saturated heterocycles. The van der Waals surface area contributed by atoms with Gasteiger partial charge in [0.05, 0.1) is 27.5 Å². The maximum Gasteiger partial charge on any atom is 0.305 e. The summed E-state index contributed by atoms with van der Waals surface area (Å²) in [6.45, 7) is 0.434. The van der Waals surface area contributed by atoms with Gasteiger partial charge in [0.1, 0.15) is 12.4 Å². The molecule has 3 fully saturated rings. The molecule has 8 rings (SSSR count). The van der Waals surface area contributed by atoms with Crippen molar-refractivity contribution < 1.29 is 19.2 Å². The number of ether oxygens (including phenoxy) is 1. The lowest BCUT2D eigenvalue weighted by Gasteiger charge is -2.43. The Morgan fingerprint density at radius 2 is 1.67 bits per heavy atom. The fraction of sp³-hybridized carbons (Fsp3) is 0.281. The van der Waals surface area contributed by atoms with Gasteiger partial charge in [0.15, 0.2) is 0 Å². The van der Waals surface area contributed by atoms with Crippen LogP contribution in [0.3, 0.4) is 0 Å². The Hall–Kier alpha value is -4.22. The van der Waals surface area contributed by atoms with Crippen LogP contribution in [0, 0.1) is 39.7 Å². The first-order valence-electron chi connectivity index (χ1n) is 14.2. The largest absolute Gasteiger partial charge is 0.489 e. The topological polar surface area (TPSA) is 123 Å². The number of anilines is 1. The summed E-state index contributed by atoms with van der Waals surface area (Å²) in [6.07, 6.45) is 0.781. The Morgan fingerprint density at radius 1 is 0.930 bits per heavy atom. The second-order valence-corrected chi connectivity index (χ2v) is 13.8. The number of hydrogen-bond acceptors (Lipinski definition) is 8. The molecule has 9 nitrogen and oxygen atoms in total. The van der Waals surface area contributed by atoms with E-state index >= 15 is 0 Å². The molecule has 2 aliphatic carbocycles. The van der Waals surface area contributed by atoms with Crippen LogP contribution in [0.2, 0.25) is 0 Å². The first-order valence-corrected chi connectivity index (χ1v) is 15.9. The fourth-order valence-electron chi connectivity index (χ4n) is 7.91. The molecule has 2 bridgehead atoms. The van der Waals surface area contributed by atoms with Gasteiger partial charge in [-0.3, -0.25) is 29.4 Å². The molecule has 1 N–H and O–H groups in total. The van der Waals surface area contributed by atoms with Crippen LogP contribution in [0.25, 0.3) is 0 Å². The molecule has 4 aromatic rings. The molecule has 3 aromatic carbocycles. The lowest BCUT2D eigenvalue weighted by atomic mass is 9.68. The van der Waals surface area contributed by atoms with Crippen LogP contribution in [0.15, 0.2) is 88.7 Å². The second-order valence-electron chi connectivity index (χ2n) is 11.6. The zero-order valence-electron chi connectivity index (χ0n) is 22.6. The third kappa shape index (κ3) is 4.09. The summed E-state index contributed by atoms with van der Waals surface area (Å²) in [7, 11) is 0. The molecule has 2 saturated carbocycles. The monoisotopic (exact) mass is 611 g/mol. The lowest BCUT2D eigenvalue weighted by Crippen LogP contribution is -2.42. The van der Waals surface area contributed by atoms with Crippen LogP contribution >= 0.6 is 23.1 Å². The third-order valence-electron chi connectivity index (χ3n) is 9.51. The van der Waals surface area contributed by atoms with Gasteiger partial charge in [0.2, 0.25) is 11.8 Å². The molecule has 0 radical (unpaired) electrons. The number of rotatable bonds is 6. The van der Waals surface area contributed by atoms with Gasteiger partial charge in [-0.15, -0.1) is 11.8 Å². The minimum absolute atomic E-state index is 0.0129. The highest BCUT2D eigenvalue weighted by molar-refractivity contribution is 8.00. The minimum Gasteiger partial charge on any atom is -0.489 e. The number of nitro benzene ring substituents is 1. The summed E-state index contributed by atoms with van der Waals surface area (Å²) < 4.78 is 6.16. The van der Waals surface area contributed by atoms with Gasteiger partial charge in [-0.05, 0) is 59.6 Å². The SMILES string of the molecule is O=C1[C@H]2[C@H]3C[C@@H]([C@@H]2C(=O)N1c1ccc([N+](=O)[O-])cc1)[C@H]1[C@H](c2cccc(OCc4ccccc4)c2)c2sc(=O)[nH]c2S[C@H]31. The number of thiazole rings is 1. The highest BCUT2D eigenvalue weighted by Crippen LogP contribution is 2.68. The van der Waals surface area contributed by atoms with Gasteiger partial charge in [0, 0.05) is 28.2 Å². The molecule has 3 heterocycles. The smallest absolute Gasteiger partial charge is 0.305 e. The molecule has 4 aliphatic rings. The van der Waals surface area contributed by atoms with Gasteiger partial charge in [-0.25, -0.2) is 0 Å². The third-order valence-corrected chi connectivity index (χ3v) is 12.1. The summed E-state index contributed by atoms with van der Waals surface area (Å²) in [5, 5.41) is 12.1. The Bertz CT molecular complexity index is 1840. The van der Waals surface area contributed by atoms with Crippen molar-refractivity contribution in [3.63, 3.8) is 0 Å². The summed E-state index contributed by atoms with van der Waals surface area (Å²) in [4.78, 5) is 56.1. The summed E-state index contributed by atoms with van der Waals surface area (Å²) >= 11 is 2.87. The van der Waals surface area contributed by atoms with Crippen molar-refractivity contribution >= 4 is 46.3 Å². The number of carbonyl (C=O) groups excluding carboxylic acids is 2. The van der Waals surface area contributed by atoms with Gasteiger partial charge in [-0.2, -0.15) is 0 Å². The number of nitrogens with one attached hydrogen (secondary N) is 1. The van der Waals surface area contributed by atoms with Crippen LogP contribution in [0.4, 0.5) is 11.4 Å². The molecule has 2 aliphatic heterocycles. The number of aromatic amines is 1. The van der Waals surface area contributed by atoms with E-state index in [0.29, 0.717) is 12.3 Å². The van der Waals surface area contributed by atoms with Crippen molar-refractivity contribution in [2.45, 2.75) is 29.2 Å². The van der Waals surface area contributed by atoms with E-state index in [9.17, 15) is 24.5 Å². The van der Waals surface area contributed by atoms with E-state index in [2.05, 4.69) is 11.1 Å². The summed E-state index contributed by atoms with van der Waals surface area (Å²) in [5.41, 5.74) is 2.37. The average molecular weight is 612 g/mol. The number of non-ortho nitro benzene ring substituents is 1. The Balaban J connectivity index is 1.14. The quantitative estimate of drug-likeness (QED) is 0.171. The first kappa shape index (κ1) is 26.4. The molecular weight excluding hydrogens is 587 g/mol. The first-order chi connectivity index (χ1) is 20.9. The van der Waals surface area contributed by atoms with Crippen LogP contribution in [-0.4, -0.2) is 27.0 Å². The predicted octanol–water partition coefficient (Wildman–Crippen LogP) is 5.60. The van der Waals surface area contributed by atoms with Crippen molar-refractivity contribution in [1.82, 2.24) is 4.98 Å². The van der Waals surface area contributed by atoms with Gasteiger partial charge in [-0.1, -0.05) is 53.8 Å². The Kier molecular flexibility index (Phi) is 6.09. The molecule has 1 aromatic heterocycles. The van der Waals surface area contributed by atoms with Gasteiger partial charge in [0.25, 0.3) is 5.69 Å². The molecule has 43 heavy (non-hydrogen) atoms. The van der Waals surface area contributed by atoms with E-state index in [1.807, 2.05) is 48.5 Å². The number of hydrogen-bond donors (Lipinski definition) is 1. The van der Waals surface area contributed by atoms with Crippen LogP contribution in [0.1, 0.15) is 28.3 Å². The number of amides is 2. The molecule has 0 spiro atoms. The average Bonchev–Trinajstić information content (AvgIpc) is 3.75. The maximum atomic E-state index is 13.9. The highest BCUT2D eigenvalue weighted by Gasteiger charge is 2.69. The van der Waals surface area contributed by atoms with E-state index < -0.39 is 16.8 Å². The van der Waals surface area contributed by atoms with Crippen molar-refractivity contribution in [1.29, 1.82) is 0 Å². The van der Waals surface area contributed by atoms with Crippen molar-refractivity contribution in [3.05, 3.63) is 115 Å². The van der Waals surface area contributed by atoms with Crippen molar-refractivity contribution in [2.75, 3.05) is 4.90 Å². The van der Waals surface area contributed by atoms with Crippen LogP contribution < -0.4 is 14.5 Å². The Morgan fingerprint density at radius 3 is 2.42 bits per heavy atom. The zero-order chi connectivity index (χ0) is 29.4. The number of nitro groups is 1. The summed E-state index contributed by atoms with van der Waals surface area (Å²) in [6, 6.07) is 23.6. The van der Waals surface area contributed by atoms with E-state index in [1.54, 1.807) is 11.8 Å². The molecule has 7 atom stereocenters. The molecule has 216 valence electrons. The normalized spacial score (nSPS) is 28.5. The van der Waals surface area contributed by atoms with E-state index in [0.717, 1.165) is 33.2 Å². The number of fused-ring (bicyclic) bond motifs is 9. The number of H-pyrrole nitrogens is 1. The predicted molar refractivity (Wildman–Crippen MR) is 161 cm³/mol. The molecule has 0 unspecified atom stereocenters.